The summed E-state index contributed by atoms with van der Waals surface area (Å²) in [6.45, 7) is 2.18. The number of thiazole rings is 1. The van der Waals surface area contributed by atoms with E-state index in [-0.39, 0.29) is 25.4 Å². The Morgan fingerprint density at radius 1 is 1.20 bits per heavy atom. The highest BCUT2D eigenvalue weighted by Crippen LogP contribution is 2.30. The van der Waals surface area contributed by atoms with Gasteiger partial charge in [-0.2, -0.15) is 0 Å². The standard InChI is InChI=1S/C20H22N6O3S/c1-13-6-8-21-17(10-13)25-16-5-3-4-14(24-16)15-11-23-20(30-15)26(2)12-18(27)22-9-7-19(28)29/h3-6,8,10-11H,7,9,12H2,1-2H3,(H,22,27)(H,28,29)(H,21,24,25). The van der Waals surface area contributed by atoms with E-state index in [2.05, 4.69) is 25.6 Å². The number of carbonyl (C=O) groups excluding carboxylic acids is 1. The van der Waals surface area contributed by atoms with Crippen molar-refractivity contribution in [2.24, 2.45) is 0 Å². The molecule has 0 saturated heterocycles. The highest BCUT2D eigenvalue weighted by Gasteiger charge is 2.13. The van der Waals surface area contributed by atoms with Crippen LogP contribution < -0.4 is 15.5 Å². The number of likely N-dealkylation sites (N-methyl/N-ethyl adjacent to an activating group) is 1. The molecule has 0 aromatic carbocycles. The van der Waals surface area contributed by atoms with E-state index < -0.39 is 5.97 Å². The summed E-state index contributed by atoms with van der Waals surface area (Å²) in [5, 5.41) is 15.1. The van der Waals surface area contributed by atoms with Gasteiger partial charge in [-0.25, -0.2) is 15.0 Å². The van der Waals surface area contributed by atoms with Crippen LogP contribution in [0.5, 0.6) is 0 Å². The maximum atomic E-state index is 11.9. The number of carboxylic acids is 1. The molecular formula is C20H22N6O3S. The van der Waals surface area contributed by atoms with Gasteiger partial charge in [-0.15, -0.1) is 0 Å². The molecule has 1 amide bonds. The number of hydrogen-bond acceptors (Lipinski definition) is 8. The van der Waals surface area contributed by atoms with Crippen molar-refractivity contribution < 1.29 is 14.7 Å². The fourth-order valence-corrected chi connectivity index (χ4v) is 3.43. The Labute approximate surface area is 177 Å². The van der Waals surface area contributed by atoms with Crippen LogP contribution in [0.15, 0.2) is 42.7 Å². The maximum absolute atomic E-state index is 11.9. The van der Waals surface area contributed by atoms with Crippen LogP contribution in [0.4, 0.5) is 16.8 Å². The molecule has 0 atom stereocenters. The molecule has 156 valence electrons. The molecule has 30 heavy (non-hydrogen) atoms. The minimum atomic E-state index is -0.948. The SMILES string of the molecule is Cc1ccnc(Nc2cccc(-c3cnc(N(C)CC(=O)NCCC(=O)O)s3)n2)c1. The quantitative estimate of drug-likeness (QED) is 0.478. The summed E-state index contributed by atoms with van der Waals surface area (Å²) < 4.78 is 0. The van der Waals surface area contributed by atoms with Crippen molar-refractivity contribution in [1.29, 1.82) is 0 Å². The van der Waals surface area contributed by atoms with Crippen molar-refractivity contribution in [2.75, 3.05) is 30.4 Å². The highest BCUT2D eigenvalue weighted by atomic mass is 32.1. The van der Waals surface area contributed by atoms with Crippen molar-refractivity contribution in [3.05, 3.63) is 48.3 Å². The van der Waals surface area contributed by atoms with Crippen LogP contribution in [0, 0.1) is 6.92 Å². The third-order valence-corrected chi connectivity index (χ3v) is 5.17. The van der Waals surface area contributed by atoms with Crippen molar-refractivity contribution in [1.82, 2.24) is 20.3 Å². The summed E-state index contributed by atoms with van der Waals surface area (Å²) in [6, 6.07) is 9.53. The Bertz CT molecular complexity index is 1040. The van der Waals surface area contributed by atoms with Crippen LogP contribution in [0.3, 0.4) is 0 Å². The Morgan fingerprint density at radius 3 is 2.80 bits per heavy atom. The Morgan fingerprint density at radius 2 is 2.03 bits per heavy atom. The van der Waals surface area contributed by atoms with E-state index in [1.165, 1.54) is 11.3 Å². The number of carboxylic acid groups (broad SMARTS) is 1. The molecular weight excluding hydrogens is 404 g/mol. The van der Waals surface area contributed by atoms with Gasteiger partial charge in [0.2, 0.25) is 5.91 Å². The molecule has 0 fully saturated rings. The van der Waals surface area contributed by atoms with E-state index in [0.717, 1.165) is 22.0 Å². The van der Waals surface area contributed by atoms with Crippen LogP contribution in [0.25, 0.3) is 10.6 Å². The fourth-order valence-electron chi connectivity index (χ4n) is 2.58. The summed E-state index contributed by atoms with van der Waals surface area (Å²) in [5.41, 5.74) is 1.86. The Balaban J connectivity index is 1.64. The van der Waals surface area contributed by atoms with Gasteiger partial charge in [-0.1, -0.05) is 17.4 Å². The molecule has 0 radical (unpaired) electrons. The number of hydrogen-bond donors (Lipinski definition) is 3. The van der Waals surface area contributed by atoms with Crippen LogP contribution in [0.1, 0.15) is 12.0 Å². The molecule has 0 aliphatic heterocycles. The molecule has 3 rings (SSSR count). The van der Waals surface area contributed by atoms with E-state index in [1.54, 1.807) is 24.3 Å². The zero-order valence-corrected chi connectivity index (χ0v) is 17.4. The second-order valence-corrected chi connectivity index (χ2v) is 7.62. The van der Waals surface area contributed by atoms with Crippen LogP contribution >= 0.6 is 11.3 Å². The molecule has 10 heteroatoms. The van der Waals surface area contributed by atoms with E-state index in [9.17, 15) is 9.59 Å². The van der Waals surface area contributed by atoms with Gasteiger partial charge in [0.25, 0.3) is 0 Å². The minimum Gasteiger partial charge on any atom is -0.481 e. The molecule has 0 unspecified atom stereocenters. The number of rotatable bonds is 9. The molecule has 3 heterocycles. The number of aryl methyl sites for hydroxylation is 1. The Hall–Kier alpha value is -3.53. The van der Waals surface area contributed by atoms with E-state index in [4.69, 9.17) is 5.11 Å². The first-order valence-corrected chi connectivity index (χ1v) is 10.0. The third-order valence-electron chi connectivity index (χ3n) is 4.03. The second kappa shape index (κ2) is 9.79. The predicted octanol–water partition coefficient (Wildman–Crippen LogP) is 2.68. The van der Waals surface area contributed by atoms with Gasteiger partial charge in [0.15, 0.2) is 5.13 Å². The topological polar surface area (TPSA) is 120 Å². The lowest BCUT2D eigenvalue weighted by atomic mass is 10.3. The summed E-state index contributed by atoms with van der Waals surface area (Å²) in [4.78, 5) is 38.3. The van der Waals surface area contributed by atoms with E-state index in [0.29, 0.717) is 10.9 Å². The van der Waals surface area contributed by atoms with E-state index in [1.807, 2.05) is 37.3 Å². The molecule has 0 bridgehead atoms. The molecule has 3 aromatic rings. The number of amides is 1. The largest absolute Gasteiger partial charge is 0.481 e. The van der Waals surface area contributed by atoms with Gasteiger partial charge in [-0.3, -0.25) is 9.59 Å². The van der Waals surface area contributed by atoms with Gasteiger partial charge in [-0.05, 0) is 36.8 Å². The maximum Gasteiger partial charge on any atom is 0.305 e. The lowest BCUT2D eigenvalue weighted by Crippen LogP contribution is -2.36. The summed E-state index contributed by atoms with van der Waals surface area (Å²) >= 11 is 1.42. The number of anilines is 3. The first kappa shape index (κ1) is 21.2. The van der Waals surface area contributed by atoms with E-state index >= 15 is 0 Å². The van der Waals surface area contributed by atoms with Gasteiger partial charge < -0.3 is 20.6 Å². The molecule has 0 aliphatic carbocycles. The average Bonchev–Trinajstić information content (AvgIpc) is 3.18. The molecule has 0 aliphatic rings. The monoisotopic (exact) mass is 426 g/mol. The van der Waals surface area contributed by atoms with Crippen molar-refractivity contribution in [3.63, 3.8) is 0 Å². The van der Waals surface area contributed by atoms with Gasteiger partial charge in [0, 0.05) is 26.0 Å². The first-order valence-electron chi connectivity index (χ1n) is 9.23. The number of nitrogens with zero attached hydrogens (tertiary/aromatic N) is 4. The van der Waals surface area contributed by atoms with Crippen molar-refractivity contribution >= 4 is 40.0 Å². The normalized spacial score (nSPS) is 10.5. The lowest BCUT2D eigenvalue weighted by Gasteiger charge is -2.14. The lowest BCUT2D eigenvalue weighted by molar-refractivity contribution is -0.136. The Kier molecular flexibility index (Phi) is 6.91. The van der Waals surface area contributed by atoms with Gasteiger partial charge in [0.05, 0.1) is 23.5 Å². The van der Waals surface area contributed by atoms with Crippen molar-refractivity contribution in [2.45, 2.75) is 13.3 Å². The molecule has 0 spiro atoms. The minimum absolute atomic E-state index is 0.0840. The molecule has 0 saturated carbocycles. The van der Waals surface area contributed by atoms with Gasteiger partial charge in [0.1, 0.15) is 11.6 Å². The van der Waals surface area contributed by atoms with Crippen LogP contribution in [-0.2, 0) is 9.59 Å². The molecule has 3 N–H and O–H groups in total. The first-order chi connectivity index (χ1) is 14.4. The zero-order valence-electron chi connectivity index (χ0n) is 16.6. The summed E-state index contributed by atoms with van der Waals surface area (Å²) in [5.74, 6) is 0.186. The van der Waals surface area contributed by atoms with Crippen molar-refractivity contribution in [3.8, 4) is 10.6 Å². The highest BCUT2D eigenvalue weighted by molar-refractivity contribution is 7.18. The number of aromatic nitrogens is 3. The molecule has 3 aromatic heterocycles. The fraction of sp³-hybridized carbons (Fsp3) is 0.250. The number of carbonyl (C=O) groups is 2. The van der Waals surface area contributed by atoms with Crippen LogP contribution in [0.2, 0.25) is 0 Å². The third kappa shape index (κ3) is 5.98. The smallest absolute Gasteiger partial charge is 0.305 e. The summed E-state index contributed by atoms with van der Waals surface area (Å²) in [7, 11) is 1.76. The molecule has 9 nitrogen and oxygen atoms in total. The number of aliphatic carboxylic acids is 1. The summed E-state index contributed by atoms with van der Waals surface area (Å²) in [6.07, 6.45) is 3.35. The average molecular weight is 427 g/mol. The zero-order chi connectivity index (χ0) is 21.5. The number of nitrogens with one attached hydrogen (secondary N) is 2. The second-order valence-electron chi connectivity index (χ2n) is 6.61. The van der Waals surface area contributed by atoms with Crippen LogP contribution in [-0.4, -0.2) is 52.1 Å². The van der Waals surface area contributed by atoms with Gasteiger partial charge >= 0.3 is 5.97 Å². The predicted molar refractivity (Wildman–Crippen MR) is 116 cm³/mol. The number of pyridine rings is 2.